The summed E-state index contributed by atoms with van der Waals surface area (Å²) in [6, 6.07) is 17.9. The maximum atomic E-state index is 12.9. The molecule has 0 saturated carbocycles. The number of anilines is 1. The molecule has 10 heteroatoms. The number of amides is 2. The number of ether oxygens (including phenoxy) is 6. The van der Waals surface area contributed by atoms with Crippen molar-refractivity contribution in [2.75, 3.05) is 46.5 Å². The maximum Gasteiger partial charge on any atom is 0.407 e. The van der Waals surface area contributed by atoms with E-state index >= 15 is 0 Å². The number of alkyl carbamates (subject to hydrolysis) is 1. The fraction of sp³-hybridized carbons (Fsp3) is 0.290. The van der Waals surface area contributed by atoms with Crippen molar-refractivity contribution in [1.82, 2.24) is 5.32 Å². The molecule has 3 aromatic rings. The molecule has 2 amide bonds. The summed E-state index contributed by atoms with van der Waals surface area (Å²) in [7, 11) is 6.11. The van der Waals surface area contributed by atoms with E-state index in [4.69, 9.17) is 28.4 Å². The highest BCUT2D eigenvalue weighted by atomic mass is 16.5. The van der Waals surface area contributed by atoms with Gasteiger partial charge in [0.1, 0.15) is 6.61 Å². The van der Waals surface area contributed by atoms with Gasteiger partial charge in [0.25, 0.3) is 5.91 Å². The van der Waals surface area contributed by atoms with Gasteiger partial charge >= 0.3 is 6.09 Å². The van der Waals surface area contributed by atoms with Crippen LogP contribution in [0, 0.1) is 0 Å². The monoisotopic (exact) mass is 562 g/mol. The Bertz CT molecular complexity index is 1370. The lowest BCUT2D eigenvalue weighted by atomic mass is 9.88. The van der Waals surface area contributed by atoms with E-state index in [2.05, 4.69) is 11.9 Å². The molecule has 1 aliphatic heterocycles. The first-order chi connectivity index (χ1) is 19.9. The molecular weight excluding hydrogens is 528 g/mol. The molecule has 0 bridgehead atoms. The van der Waals surface area contributed by atoms with E-state index in [0.29, 0.717) is 59.6 Å². The fourth-order valence-corrected chi connectivity index (χ4v) is 4.50. The molecule has 0 radical (unpaired) electrons. The first-order valence-corrected chi connectivity index (χ1v) is 13.0. The summed E-state index contributed by atoms with van der Waals surface area (Å²) in [5.41, 5.74) is 2.72. The number of hydrogen-bond donors (Lipinski definition) is 1. The number of β-lactam (4-membered cyclic amide) rings is 1. The predicted octanol–water partition coefficient (Wildman–Crippen LogP) is 5.06. The van der Waals surface area contributed by atoms with Crippen LogP contribution in [-0.4, -0.2) is 53.6 Å². The van der Waals surface area contributed by atoms with Crippen molar-refractivity contribution < 1.29 is 38.0 Å². The molecule has 1 aliphatic rings. The quantitative estimate of drug-likeness (QED) is 0.175. The highest BCUT2D eigenvalue weighted by molar-refractivity contribution is 6.15. The molecule has 41 heavy (non-hydrogen) atoms. The van der Waals surface area contributed by atoms with E-state index in [-0.39, 0.29) is 12.5 Å². The van der Waals surface area contributed by atoms with Crippen molar-refractivity contribution in [2.45, 2.75) is 19.1 Å². The van der Waals surface area contributed by atoms with E-state index in [1.54, 1.807) is 30.2 Å². The van der Waals surface area contributed by atoms with Crippen LogP contribution in [0.15, 0.2) is 72.8 Å². The second kappa shape index (κ2) is 13.5. The summed E-state index contributed by atoms with van der Waals surface area (Å²) in [4.78, 5) is 26.5. The molecule has 10 nitrogen and oxygen atoms in total. The minimum Gasteiger partial charge on any atom is -0.493 e. The SMILES string of the molecule is C=C1C(=O)N(c2cc(OC)c(OC)c(OC)c2)[C@H]1c1ccc(OC)c(OCCCNC(=O)OCc2ccccc2)c1. The van der Waals surface area contributed by atoms with Crippen LogP contribution in [0.25, 0.3) is 0 Å². The van der Waals surface area contributed by atoms with Gasteiger partial charge in [-0.3, -0.25) is 9.69 Å². The standard InChI is InChI=1S/C31H34N2O8/c1-20-28(33(30(20)34)23-17-26(37-3)29(39-5)27(18-23)38-4)22-12-13-24(36-2)25(16-22)40-15-9-14-32-31(35)41-19-21-10-7-6-8-11-21/h6-8,10-13,16-18,28H,1,9,14-15,19H2,2-5H3,(H,32,35)/t28-/m1/s1. The van der Waals surface area contributed by atoms with Gasteiger partial charge in [0, 0.05) is 24.3 Å². The number of benzene rings is 3. The number of carbonyl (C=O) groups is 2. The molecule has 0 aromatic heterocycles. The summed E-state index contributed by atoms with van der Waals surface area (Å²) in [5.74, 6) is 2.13. The third kappa shape index (κ3) is 6.49. The fourth-order valence-electron chi connectivity index (χ4n) is 4.50. The lowest BCUT2D eigenvalue weighted by Crippen LogP contribution is -2.48. The van der Waals surface area contributed by atoms with Gasteiger partial charge in [-0.2, -0.15) is 0 Å². The molecular formula is C31H34N2O8. The molecule has 1 atom stereocenters. The van der Waals surface area contributed by atoms with Gasteiger partial charge in [-0.05, 0) is 29.7 Å². The average molecular weight is 563 g/mol. The third-order valence-electron chi connectivity index (χ3n) is 6.57. The average Bonchev–Trinajstić information content (AvgIpc) is 3.01. The number of nitrogens with zero attached hydrogens (tertiary/aromatic N) is 1. The topological polar surface area (TPSA) is 105 Å². The third-order valence-corrected chi connectivity index (χ3v) is 6.57. The minimum atomic E-state index is -0.492. The van der Waals surface area contributed by atoms with Gasteiger partial charge in [-0.25, -0.2) is 4.79 Å². The Hall–Kier alpha value is -4.86. The van der Waals surface area contributed by atoms with Crippen LogP contribution in [0.5, 0.6) is 28.7 Å². The van der Waals surface area contributed by atoms with Crippen molar-refractivity contribution in [3.05, 3.63) is 83.9 Å². The van der Waals surface area contributed by atoms with Crippen LogP contribution in [0.3, 0.4) is 0 Å². The predicted molar refractivity (Wildman–Crippen MR) is 153 cm³/mol. The van der Waals surface area contributed by atoms with Crippen molar-refractivity contribution in [3.8, 4) is 28.7 Å². The van der Waals surface area contributed by atoms with Crippen molar-refractivity contribution in [2.24, 2.45) is 0 Å². The summed E-state index contributed by atoms with van der Waals surface area (Å²) >= 11 is 0. The van der Waals surface area contributed by atoms with Crippen molar-refractivity contribution in [1.29, 1.82) is 0 Å². The molecule has 216 valence electrons. The zero-order valence-electron chi connectivity index (χ0n) is 23.6. The zero-order chi connectivity index (χ0) is 29.4. The van der Waals surface area contributed by atoms with E-state index < -0.39 is 12.1 Å². The van der Waals surface area contributed by atoms with Gasteiger partial charge in [0.05, 0.1) is 46.8 Å². The summed E-state index contributed by atoms with van der Waals surface area (Å²) in [6.45, 7) is 4.90. The highest BCUT2D eigenvalue weighted by Crippen LogP contribution is 2.48. The molecule has 1 fully saturated rings. The number of nitrogens with one attached hydrogen (secondary N) is 1. The summed E-state index contributed by atoms with van der Waals surface area (Å²) < 4.78 is 33.1. The van der Waals surface area contributed by atoms with Crippen LogP contribution in [-0.2, 0) is 16.1 Å². The molecule has 3 aromatic carbocycles. The van der Waals surface area contributed by atoms with Crippen LogP contribution < -0.4 is 33.9 Å². The van der Waals surface area contributed by atoms with Crippen molar-refractivity contribution >= 4 is 17.7 Å². The van der Waals surface area contributed by atoms with Gasteiger partial charge < -0.3 is 33.7 Å². The lowest BCUT2D eigenvalue weighted by molar-refractivity contribution is -0.119. The molecule has 1 saturated heterocycles. The zero-order valence-corrected chi connectivity index (χ0v) is 23.6. The summed E-state index contributed by atoms with van der Waals surface area (Å²) in [5, 5.41) is 2.72. The Morgan fingerprint density at radius 2 is 1.56 bits per heavy atom. The normalized spacial score (nSPS) is 14.1. The molecule has 0 unspecified atom stereocenters. The first kappa shape index (κ1) is 29.1. The van der Waals surface area contributed by atoms with E-state index in [0.717, 1.165) is 11.1 Å². The van der Waals surface area contributed by atoms with Gasteiger partial charge in [0.2, 0.25) is 5.75 Å². The Morgan fingerprint density at radius 1 is 0.878 bits per heavy atom. The number of methoxy groups -OCH3 is 4. The Morgan fingerprint density at radius 3 is 2.20 bits per heavy atom. The summed E-state index contributed by atoms with van der Waals surface area (Å²) in [6.07, 6.45) is 0.0495. The smallest absolute Gasteiger partial charge is 0.407 e. The van der Waals surface area contributed by atoms with Crippen LogP contribution in [0.4, 0.5) is 10.5 Å². The van der Waals surface area contributed by atoms with Crippen LogP contribution >= 0.6 is 0 Å². The Balaban J connectivity index is 1.40. The van der Waals surface area contributed by atoms with E-state index in [1.807, 2.05) is 42.5 Å². The van der Waals surface area contributed by atoms with Crippen LogP contribution in [0.2, 0.25) is 0 Å². The van der Waals surface area contributed by atoms with E-state index in [1.165, 1.54) is 21.3 Å². The lowest BCUT2D eigenvalue weighted by Gasteiger charge is -2.42. The van der Waals surface area contributed by atoms with Crippen LogP contribution in [0.1, 0.15) is 23.6 Å². The second-order valence-corrected chi connectivity index (χ2v) is 9.09. The number of rotatable bonds is 13. The largest absolute Gasteiger partial charge is 0.493 e. The first-order valence-electron chi connectivity index (χ1n) is 13.0. The van der Waals surface area contributed by atoms with Gasteiger partial charge in [-0.15, -0.1) is 0 Å². The Labute approximate surface area is 239 Å². The maximum absolute atomic E-state index is 12.9. The highest BCUT2D eigenvalue weighted by Gasteiger charge is 2.43. The Kier molecular flexibility index (Phi) is 9.57. The van der Waals surface area contributed by atoms with E-state index in [9.17, 15) is 9.59 Å². The molecule has 0 aliphatic carbocycles. The van der Waals surface area contributed by atoms with Gasteiger partial charge in [0.15, 0.2) is 23.0 Å². The molecule has 1 heterocycles. The van der Waals surface area contributed by atoms with Gasteiger partial charge in [-0.1, -0.05) is 43.0 Å². The second-order valence-electron chi connectivity index (χ2n) is 9.09. The number of hydrogen-bond acceptors (Lipinski definition) is 8. The molecule has 0 spiro atoms. The minimum absolute atomic E-state index is 0.204. The molecule has 1 N–H and O–H groups in total. The number of carbonyl (C=O) groups excluding carboxylic acids is 2. The van der Waals surface area contributed by atoms with Crippen molar-refractivity contribution in [3.63, 3.8) is 0 Å². The molecule has 4 rings (SSSR count).